The van der Waals surface area contributed by atoms with Crippen molar-refractivity contribution in [2.24, 2.45) is 0 Å². The minimum atomic E-state index is -4.56. The SMILES string of the molecule is CC(=O)Nc1ccccc1C(=O)N[C@@H](Cc1cccc(C(F)(F)F)c1)C(=O)O. The quantitative estimate of drug-likeness (QED) is 0.702. The number of benzene rings is 2. The van der Waals surface area contributed by atoms with Gasteiger partial charge in [-0.1, -0.05) is 30.3 Å². The van der Waals surface area contributed by atoms with E-state index in [0.29, 0.717) is 0 Å². The first-order valence-electron chi connectivity index (χ1n) is 8.14. The molecule has 0 aromatic heterocycles. The van der Waals surface area contributed by atoms with E-state index >= 15 is 0 Å². The number of hydrogen-bond donors (Lipinski definition) is 3. The summed E-state index contributed by atoms with van der Waals surface area (Å²) in [7, 11) is 0. The molecule has 2 amide bonds. The summed E-state index contributed by atoms with van der Waals surface area (Å²) in [6.45, 7) is 1.25. The molecule has 2 aromatic rings. The number of alkyl halides is 3. The van der Waals surface area contributed by atoms with Crippen LogP contribution in [0.1, 0.15) is 28.4 Å². The van der Waals surface area contributed by atoms with E-state index in [1.165, 1.54) is 37.3 Å². The Kier molecular flexibility index (Phi) is 6.40. The van der Waals surface area contributed by atoms with Crippen LogP contribution in [0.25, 0.3) is 0 Å². The molecule has 3 N–H and O–H groups in total. The average Bonchev–Trinajstić information content (AvgIpc) is 2.60. The number of carbonyl (C=O) groups is 3. The van der Waals surface area contributed by atoms with Gasteiger partial charge in [-0.15, -0.1) is 0 Å². The molecule has 0 spiro atoms. The Morgan fingerprint density at radius 3 is 2.36 bits per heavy atom. The van der Waals surface area contributed by atoms with E-state index in [1.807, 2.05) is 0 Å². The molecule has 0 fully saturated rings. The Morgan fingerprint density at radius 2 is 1.75 bits per heavy atom. The van der Waals surface area contributed by atoms with E-state index in [9.17, 15) is 32.7 Å². The molecule has 0 heterocycles. The maximum Gasteiger partial charge on any atom is 0.416 e. The van der Waals surface area contributed by atoms with Crippen LogP contribution in [0.2, 0.25) is 0 Å². The molecule has 2 aromatic carbocycles. The van der Waals surface area contributed by atoms with Gasteiger partial charge in [-0.3, -0.25) is 9.59 Å². The Balaban J connectivity index is 2.22. The van der Waals surface area contributed by atoms with Gasteiger partial charge >= 0.3 is 12.1 Å². The second kappa shape index (κ2) is 8.55. The summed E-state index contributed by atoms with van der Waals surface area (Å²) in [4.78, 5) is 35.2. The molecule has 9 heteroatoms. The zero-order valence-electron chi connectivity index (χ0n) is 14.7. The Hall–Kier alpha value is -3.36. The zero-order chi connectivity index (χ0) is 20.9. The van der Waals surface area contributed by atoms with Gasteiger partial charge in [-0.2, -0.15) is 13.2 Å². The maximum atomic E-state index is 12.8. The van der Waals surface area contributed by atoms with E-state index < -0.39 is 35.6 Å². The van der Waals surface area contributed by atoms with Gasteiger partial charge in [0.15, 0.2) is 0 Å². The highest BCUT2D eigenvalue weighted by Crippen LogP contribution is 2.29. The third kappa shape index (κ3) is 5.57. The van der Waals surface area contributed by atoms with Crippen molar-refractivity contribution in [3.63, 3.8) is 0 Å². The molecular formula is C19H17F3N2O4. The van der Waals surface area contributed by atoms with Gasteiger partial charge in [0.2, 0.25) is 5.91 Å². The lowest BCUT2D eigenvalue weighted by Crippen LogP contribution is -2.42. The highest BCUT2D eigenvalue weighted by molar-refractivity contribution is 6.04. The number of nitrogens with one attached hydrogen (secondary N) is 2. The number of carbonyl (C=O) groups excluding carboxylic acids is 2. The molecule has 0 aliphatic rings. The van der Waals surface area contributed by atoms with Crippen LogP contribution >= 0.6 is 0 Å². The minimum absolute atomic E-state index is 0.0352. The number of halogens is 3. The molecule has 148 valence electrons. The van der Waals surface area contributed by atoms with Gasteiger partial charge in [0.25, 0.3) is 5.91 Å². The van der Waals surface area contributed by atoms with Crippen molar-refractivity contribution in [3.8, 4) is 0 Å². The number of hydrogen-bond acceptors (Lipinski definition) is 3. The fourth-order valence-corrected chi connectivity index (χ4v) is 2.53. The number of carboxylic acids is 1. The van der Waals surface area contributed by atoms with Crippen LogP contribution in [0.3, 0.4) is 0 Å². The molecule has 0 aliphatic heterocycles. The summed E-state index contributed by atoms with van der Waals surface area (Å²) in [5, 5.41) is 14.1. The van der Waals surface area contributed by atoms with E-state index in [1.54, 1.807) is 6.07 Å². The molecular weight excluding hydrogens is 377 g/mol. The summed E-state index contributed by atoms with van der Waals surface area (Å²) in [6, 6.07) is 8.76. The lowest BCUT2D eigenvalue weighted by atomic mass is 10.0. The molecule has 0 saturated heterocycles. The van der Waals surface area contributed by atoms with E-state index in [2.05, 4.69) is 10.6 Å². The summed E-state index contributed by atoms with van der Waals surface area (Å²) in [5.74, 6) is -2.59. The van der Waals surface area contributed by atoms with E-state index in [-0.39, 0.29) is 23.2 Å². The molecule has 1 atom stereocenters. The van der Waals surface area contributed by atoms with Crippen molar-refractivity contribution >= 4 is 23.5 Å². The first-order chi connectivity index (χ1) is 13.1. The lowest BCUT2D eigenvalue weighted by molar-refractivity contribution is -0.139. The third-order valence-corrected chi connectivity index (χ3v) is 3.78. The predicted molar refractivity (Wildman–Crippen MR) is 94.8 cm³/mol. The molecule has 0 radical (unpaired) electrons. The highest BCUT2D eigenvalue weighted by atomic mass is 19.4. The first-order valence-corrected chi connectivity index (χ1v) is 8.14. The summed E-state index contributed by atoms with van der Waals surface area (Å²) >= 11 is 0. The summed E-state index contributed by atoms with van der Waals surface area (Å²) in [6.07, 6.45) is -4.90. The van der Waals surface area contributed by atoms with Crippen molar-refractivity contribution in [2.45, 2.75) is 25.6 Å². The number of rotatable bonds is 6. The summed E-state index contributed by atoms with van der Waals surface area (Å²) in [5.41, 5.74) is -0.571. The smallest absolute Gasteiger partial charge is 0.416 e. The van der Waals surface area contributed by atoms with E-state index in [0.717, 1.165) is 12.1 Å². The summed E-state index contributed by atoms with van der Waals surface area (Å²) < 4.78 is 38.5. The van der Waals surface area contributed by atoms with Gasteiger partial charge < -0.3 is 15.7 Å². The number of anilines is 1. The van der Waals surface area contributed by atoms with Crippen molar-refractivity contribution in [3.05, 3.63) is 65.2 Å². The van der Waals surface area contributed by atoms with Crippen molar-refractivity contribution in [1.29, 1.82) is 0 Å². The van der Waals surface area contributed by atoms with Crippen LogP contribution in [0, 0.1) is 0 Å². The van der Waals surface area contributed by atoms with Crippen LogP contribution in [0.15, 0.2) is 48.5 Å². The van der Waals surface area contributed by atoms with Crippen molar-refractivity contribution < 1.29 is 32.7 Å². The second-order valence-electron chi connectivity index (χ2n) is 5.99. The van der Waals surface area contributed by atoms with E-state index in [4.69, 9.17) is 0 Å². The van der Waals surface area contributed by atoms with Gasteiger partial charge in [0, 0.05) is 13.3 Å². The van der Waals surface area contributed by atoms with Crippen LogP contribution in [-0.4, -0.2) is 28.9 Å². The Morgan fingerprint density at radius 1 is 1.07 bits per heavy atom. The van der Waals surface area contributed by atoms with Crippen LogP contribution in [0.5, 0.6) is 0 Å². The fraction of sp³-hybridized carbons (Fsp3) is 0.211. The average molecular weight is 394 g/mol. The Bertz CT molecular complexity index is 897. The van der Waals surface area contributed by atoms with Crippen LogP contribution < -0.4 is 10.6 Å². The largest absolute Gasteiger partial charge is 0.480 e. The van der Waals surface area contributed by atoms with Crippen LogP contribution in [0.4, 0.5) is 18.9 Å². The number of carboxylic acid groups (broad SMARTS) is 1. The number of para-hydroxylation sites is 1. The molecule has 2 rings (SSSR count). The predicted octanol–water partition coefficient (Wildman–Crippen LogP) is 3.09. The fourth-order valence-electron chi connectivity index (χ4n) is 2.53. The molecule has 28 heavy (non-hydrogen) atoms. The number of aliphatic carboxylic acids is 1. The van der Waals surface area contributed by atoms with Crippen LogP contribution in [-0.2, 0) is 22.2 Å². The van der Waals surface area contributed by atoms with Crippen molar-refractivity contribution in [1.82, 2.24) is 5.32 Å². The molecule has 0 unspecified atom stereocenters. The normalized spacial score (nSPS) is 12.1. The Labute approximate surface area is 158 Å². The van der Waals surface area contributed by atoms with Gasteiger partial charge in [0.05, 0.1) is 16.8 Å². The third-order valence-electron chi connectivity index (χ3n) is 3.78. The second-order valence-corrected chi connectivity index (χ2v) is 5.99. The zero-order valence-corrected chi connectivity index (χ0v) is 14.7. The highest BCUT2D eigenvalue weighted by Gasteiger charge is 2.31. The minimum Gasteiger partial charge on any atom is -0.480 e. The number of amides is 2. The molecule has 0 bridgehead atoms. The monoisotopic (exact) mass is 394 g/mol. The standard InChI is InChI=1S/C19H17F3N2O4/c1-11(25)23-15-8-3-2-7-14(15)17(26)24-16(18(27)28)10-12-5-4-6-13(9-12)19(20,21)22/h2-9,16H,10H2,1H3,(H,23,25)(H,24,26)(H,27,28)/t16-/m0/s1. The van der Waals surface area contributed by atoms with Gasteiger partial charge in [-0.25, -0.2) is 4.79 Å². The maximum absolute atomic E-state index is 12.8. The van der Waals surface area contributed by atoms with Crippen molar-refractivity contribution in [2.75, 3.05) is 5.32 Å². The molecule has 6 nitrogen and oxygen atoms in total. The molecule has 0 saturated carbocycles. The first kappa shape index (κ1) is 20.9. The van der Waals surface area contributed by atoms with Gasteiger partial charge in [0.1, 0.15) is 6.04 Å². The molecule has 0 aliphatic carbocycles. The lowest BCUT2D eigenvalue weighted by Gasteiger charge is -2.17. The van der Waals surface area contributed by atoms with Gasteiger partial charge in [-0.05, 0) is 23.8 Å². The topological polar surface area (TPSA) is 95.5 Å².